The molecule has 4 unspecified atom stereocenters. The fourth-order valence-electron chi connectivity index (χ4n) is 5.55. The van der Waals surface area contributed by atoms with Gasteiger partial charge in [0.25, 0.3) is 0 Å². The van der Waals surface area contributed by atoms with Crippen molar-refractivity contribution < 1.29 is 9.47 Å². The lowest BCUT2D eigenvalue weighted by Crippen LogP contribution is -2.39. The number of hydrogen-bond donors (Lipinski definition) is 0. The van der Waals surface area contributed by atoms with E-state index in [9.17, 15) is 0 Å². The van der Waals surface area contributed by atoms with Crippen molar-refractivity contribution in [1.29, 1.82) is 0 Å². The van der Waals surface area contributed by atoms with Crippen LogP contribution in [0.25, 0.3) is 25.8 Å². The highest BCUT2D eigenvalue weighted by atomic mass is 79.9. The minimum absolute atomic E-state index is 0.0531. The maximum Gasteiger partial charge on any atom is 0.163 e. The molecule has 1 saturated heterocycles. The Balaban J connectivity index is 1.70. The highest BCUT2D eigenvalue weighted by molar-refractivity contribution is 9.15. The average Bonchev–Trinajstić information content (AvgIpc) is 3.11. The Labute approximate surface area is 199 Å². The van der Waals surface area contributed by atoms with E-state index in [0.29, 0.717) is 0 Å². The Morgan fingerprint density at radius 2 is 1.74 bits per heavy atom. The van der Waals surface area contributed by atoms with Gasteiger partial charge < -0.3 is 9.47 Å². The standard InChI is InChI=1S/C27H24Br2O2/c1-14-17-10-11-19(26-25(17)30-27(2,3)31-26)24(29)22-13-20-16(12-21(22)23(14)28)9-8-15-6-4-5-7-18(15)20/h5,7-13,17,19,25-26H,1,4,6H2,2-3H3/b23-21+,24-22+. The van der Waals surface area contributed by atoms with Gasteiger partial charge in [-0.1, -0.05) is 58.9 Å². The van der Waals surface area contributed by atoms with E-state index in [0.717, 1.165) is 27.4 Å². The molecule has 4 atom stereocenters. The van der Waals surface area contributed by atoms with Crippen LogP contribution in [0.3, 0.4) is 0 Å². The maximum atomic E-state index is 6.42. The first-order valence-electron chi connectivity index (χ1n) is 10.9. The van der Waals surface area contributed by atoms with Crippen LogP contribution in [0.5, 0.6) is 0 Å². The van der Waals surface area contributed by atoms with Crippen molar-refractivity contribution in [3.63, 3.8) is 0 Å². The van der Waals surface area contributed by atoms with Crippen LogP contribution in [-0.2, 0) is 15.9 Å². The number of aryl methyl sites for hydroxylation is 1. The van der Waals surface area contributed by atoms with Crippen LogP contribution in [-0.4, -0.2) is 18.0 Å². The molecule has 0 spiro atoms. The van der Waals surface area contributed by atoms with E-state index in [1.807, 2.05) is 13.8 Å². The van der Waals surface area contributed by atoms with E-state index in [1.165, 1.54) is 32.3 Å². The third-order valence-corrected chi connectivity index (χ3v) is 8.92. The van der Waals surface area contributed by atoms with Crippen molar-refractivity contribution in [1.82, 2.24) is 0 Å². The molecular weight excluding hydrogens is 516 g/mol. The summed E-state index contributed by atoms with van der Waals surface area (Å²) in [4.78, 5) is 0. The average molecular weight is 540 g/mol. The van der Waals surface area contributed by atoms with Crippen LogP contribution in [0.2, 0.25) is 0 Å². The molecule has 0 aromatic heterocycles. The Bertz CT molecular complexity index is 1330. The van der Waals surface area contributed by atoms with E-state index in [2.05, 4.69) is 87.0 Å². The monoisotopic (exact) mass is 538 g/mol. The van der Waals surface area contributed by atoms with Gasteiger partial charge in [-0.05, 0) is 92.7 Å². The van der Waals surface area contributed by atoms with Crippen LogP contribution in [0.15, 0.2) is 54.6 Å². The highest BCUT2D eigenvalue weighted by Gasteiger charge is 2.51. The summed E-state index contributed by atoms with van der Waals surface area (Å²) in [6.45, 7) is 8.49. The van der Waals surface area contributed by atoms with E-state index in [1.54, 1.807) is 0 Å². The van der Waals surface area contributed by atoms with Gasteiger partial charge in [0.05, 0.1) is 12.2 Å². The molecule has 6 rings (SSSR count). The van der Waals surface area contributed by atoms with Gasteiger partial charge in [0.15, 0.2) is 5.79 Å². The molecule has 4 heteroatoms. The van der Waals surface area contributed by atoms with Gasteiger partial charge in [0.1, 0.15) is 0 Å². The van der Waals surface area contributed by atoms with Crippen LogP contribution in [0.1, 0.15) is 31.4 Å². The molecule has 2 bridgehead atoms. The predicted molar refractivity (Wildman–Crippen MR) is 134 cm³/mol. The number of allylic oxidation sites excluding steroid dienone is 1. The van der Waals surface area contributed by atoms with Crippen LogP contribution >= 0.6 is 31.9 Å². The molecular formula is C27H24Br2O2. The van der Waals surface area contributed by atoms with Gasteiger partial charge in [0, 0.05) is 20.8 Å². The minimum atomic E-state index is -0.604. The third-order valence-electron chi connectivity index (χ3n) is 7.02. The van der Waals surface area contributed by atoms with E-state index in [-0.39, 0.29) is 24.0 Å². The minimum Gasteiger partial charge on any atom is -0.344 e. The SMILES string of the molecule is C=C1/C(Br)=c2/cc3ccc4c(c3c/c2=C(\Br)C2C=CC1C1OC(C)(C)OC21)C=CCC4. The summed E-state index contributed by atoms with van der Waals surface area (Å²) in [6, 6.07) is 9.19. The molecule has 1 fully saturated rings. The topological polar surface area (TPSA) is 18.5 Å². The molecule has 3 aliphatic carbocycles. The van der Waals surface area contributed by atoms with Gasteiger partial charge in [0.2, 0.25) is 0 Å². The lowest BCUT2D eigenvalue weighted by Gasteiger charge is -2.33. The molecule has 2 aromatic rings. The summed E-state index contributed by atoms with van der Waals surface area (Å²) < 4.78 is 15.0. The summed E-state index contributed by atoms with van der Waals surface area (Å²) in [5.74, 6) is -0.431. The molecule has 158 valence electrons. The smallest absolute Gasteiger partial charge is 0.163 e. The Morgan fingerprint density at radius 1 is 1.00 bits per heavy atom. The Morgan fingerprint density at radius 3 is 2.55 bits per heavy atom. The van der Waals surface area contributed by atoms with E-state index in [4.69, 9.17) is 9.47 Å². The van der Waals surface area contributed by atoms with Crippen molar-refractivity contribution in [3.8, 4) is 0 Å². The molecule has 0 saturated carbocycles. The van der Waals surface area contributed by atoms with Gasteiger partial charge in [-0.25, -0.2) is 0 Å². The molecule has 2 aromatic carbocycles. The summed E-state index contributed by atoms with van der Waals surface area (Å²) in [6.07, 6.45) is 11.2. The molecule has 0 N–H and O–H groups in total. The summed E-state index contributed by atoms with van der Waals surface area (Å²) in [7, 11) is 0. The van der Waals surface area contributed by atoms with Crippen molar-refractivity contribution >= 4 is 57.7 Å². The maximum absolute atomic E-state index is 6.42. The molecule has 0 amide bonds. The van der Waals surface area contributed by atoms with Gasteiger partial charge in [-0.3, -0.25) is 0 Å². The van der Waals surface area contributed by atoms with Crippen molar-refractivity contribution in [2.75, 3.05) is 0 Å². The van der Waals surface area contributed by atoms with Gasteiger partial charge >= 0.3 is 0 Å². The van der Waals surface area contributed by atoms with Crippen LogP contribution in [0.4, 0.5) is 0 Å². The van der Waals surface area contributed by atoms with Crippen LogP contribution < -0.4 is 10.4 Å². The predicted octanol–water partition coefficient (Wildman–Crippen LogP) is 5.70. The molecule has 2 nitrogen and oxygen atoms in total. The van der Waals surface area contributed by atoms with Crippen molar-refractivity contribution in [2.45, 2.75) is 44.7 Å². The molecule has 31 heavy (non-hydrogen) atoms. The summed E-state index contributed by atoms with van der Waals surface area (Å²) >= 11 is 7.93. The fraction of sp³-hybridized carbons (Fsp3) is 0.333. The van der Waals surface area contributed by atoms with Crippen molar-refractivity contribution in [2.24, 2.45) is 11.8 Å². The number of halogens is 2. The normalized spacial score (nSPS) is 34.1. The number of rotatable bonds is 0. The number of benzene rings is 2. The van der Waals surface area contributed by atoms with E-state index < -0.39 is 5.79 Å². The summed E-state index contributed by atoms with van der Waals surface area (Å²) in [5.41, 5.74) is 3.81. The van der Waals surface area contributed by atoms with Gasteiger partial charge in [-0.2, -0.15) is 0 Å². The molecule has 1 aliphatic heterocycles. The quantitative estimate of drug-likeness (QED) is 0.400. The fourth-order valence-corrected chi connectivity index (χ4v) is 6.88. The molecule has 4 aliphatic rings. The largest absolute Gasteiger partial charge is 0.344 e. The second kappa shape index (κ2) is 7.02. The molecule has 0 radical (unpaired) electrons. The zero-order valence-corrected chi connectivity index (χ0v) is 20.8. The first kappa shape index (κ1) is 20.2. The summed E-state index contributed by atoms with van der Waals surface area (Å²) in [5, 5.41) is 4.91. The van der Waals surface area contributed by atoms with E-state index >= 15 is 0 Å². The van der Waals surface area contributed by atoms with Gasteiger partial charge in [-0.15, -0.1) is 0 Å². The van der Waals surface area contributed by atoms with Crippen molar-refractivity contribution in [3.05, 3.63) is 76.2 Å². The Hall–Kier alpha value is -1.46. The second-order valence-electron chi connectivity index (χ2n) is 9.39. The Kier molecular flexibility index (Phi) is 4.57. The zero-order chi connectivity index (χ0) is 21.5. The molecule has 1 heterocycles. The van der Waals surface area contributed by atoms with Crippen LogP contribution in [0, 0.1) is 11.8 Å². The number of hydrogen-bond acceptors (Lipinski definition) is 2. The number of ether oxygens (including phenoxy) is 2. The second-order valence-corrected chi connectivity index (χ2v) is 11.0. The highest BCUT2D eigenvalue weighted by Crippen LogP contribution is 2.47. The zero-order valence-electron chi connectivity index (χ0n) is 17.6. The first-order chi connectivity index (χ1) is 14.8. The number of fused-ring (bicyclic) bond motifs is 9. The lowest BCUT2D eigenvalue weighted by molar-refractivity contribution is -0.148. The third kappa shape index (κ3) is 3.02. The lowest BCUT2D eigenvalue weighted by atomic mass is 9.80. The first-order valence-corrected chi connectivity index (χ1v) is 12.5.